The molecule has 1 radical (unpaired) electrons. The van der Waals surface area contributed by atoms with Crippen molar-refractivity contribution in [2.24, 2.45) is 0 Å². The molecule has 0 bridgehead atoms. The Hall–Kier alpha value is -5.93. The molecule has 0 amide bonds. The number of pyridine rings is 2. The van der Waals surface area contributed by atoms with Gasteiger partial charge in [-0.2, -0.15) is 0 Å². The average molecular weight is 984 g/mol. The molecular formula is C58H53IrN3-2. The molecule has 10 rings (SSSR count). The van der Waals surface area contributed by atoms with E-state index in [1.165, 1.54) is 59.9 Å². The van der Waals surface area contributed by atoms with E-state index in [4.69, 9.17) is 4.98 Å². The van der Waals surface area contributed by atoms with Crippen LogP contribution in [0.4, 0.5) is 0 Å². The Balaban J connectivity index is 0.000000214. The van der Waals surface area contributed by atoms with Crippen molar-refractivity contribution in [3.05, 3.63) is 187 Å². The van der Waals surface area contributed by atoms with Crippen LogP contribution in [0.25, 0.3) is 82.3 Å². The van der Waals surface area contributed by atoms with E-state index in [9.17, 15) is 0 Å². The van der Waals surface area contributed by atoms with Crippen LogP contribution in [0.5, 0.6) is 0 Å². The van der Waals surface area contributed by atoms with E-state index in [1.54, 1.807) is 0 Å². The molecule has 3 nitrogen and oxygen atoms in total. The first-order chi connectivity index (χ1) is 29.1. The van der Waals surface area contributed by atoms with E-state index in [1.807, 2.05) is 18.5 Å². The van der Waals surface area contributed by atoms with Crippen LogP contribution >= 0.6 is 0 Å². The van der Waals surface area contributed by atoms with Crippen LogP contribution in [-0.2, 0) is 36.4 Å². The second kappa shape index (κ2) is 16.4. The minimum absolute atomic E-state index is 0. The third kappa shape index (κ3) is 8.11. The van der Waals surface area contributed by atoms with E-state index >= 15 is 0 Å². The molecule has 4 heteroatoms. The van der Waals surface area contributed by atoms with Crippen LogP contribution < -0.4 is 0 Å². The number of hydrogen-bond acceptors (Lipinski definition) is 2. The summed E-state index contributed by atoms with van der Waals surface area (Å²) in [6.07, 6.45) is 3.84. The van der Waals surface area contributed by atoms with Crippen molar-refractivity contribution >= 4 is 54.1 Å². The second-order valence-electron chi connectivity index (χ2n) is 19.4. The summed E-state index contributed by atoms with van der Waals surface area (Å²) in [5.41, 5.74) is 11.9. The molecule has 0 aliphatic carbocycles. The Labute approximate surface area is 380 Å². The van der Waals surface area contributed by atoms with Crippen LogP contribution in [-0.4, -0.2) is 14.5 Å². The van der Waals surface area contributed by atoms with Gasteiger partial charge in [-0.15, -0.1) is 59.2 Å². The van der Waals surface area contributed by atoms with Crippen molar-refractivity contribution in [1.29, 1.82) is 0 Å². The molecular weight excluding hydrogens is 931 g/mol. The quantitative estimate of drug-likeness (QED) is 0.130. The fourth-order valence-corrected chi connectivity index (χ4v) is 8.52. The fourth-order valence-electron chi connectivity index (χ4n) is 8.52. The van der Waals surface area contributed by atoms with Gasteiger partial charge in [0, 0.05) is 43.7 Å². The number of benzene rings is 7. The summed E-state index contributed by atoms with van der Waals surface area (Å²) in [4.78, 5) is 9.42. The Bertz CT molecular complexity index is 3190. The molecule has 0 fully saturated rings. The molecule has 0 aliphatic rings. The summed E-state index contributed by atoms with van der Waals surface area (Å²) in [5, 5.41) is 9.88. The minimum atomic E-state index is 0. The van der Waals surface area contributed by atoms with Crippen molar-refractivity contribution in [2.75, 3.05) is 0 Å². The minimum Gasteiger partial charge on any atom is -0.328 e. The summed E-state index contributed by atoms with van der Waals surface area (Å²) in [6.45, 7) is 20.2. The topological polar surface area (TPSA) is 30.7 Å². The van der Waals surface area contributed by atoms with Crippen LogP contribution in [0.15, 0.2) is 158 Å². The molecule has 10 aromatic rings. The molecule has 7 aromatic carbocycles. The number of aromatic nitrogens is 3. The van der Waals surface area contributed by atoms with Gasteiger partial charge in [0.15, 0.2) is 0 Å². The van der Waals surface area contributed by atoms with E-state index in [2.05, 4.69) is 224 Å². The van der Waals surface area contributed by atoms with Crippen LogP contribution in [0, 0.1) is 12.1 Å². The first kappa shape index (κ1) is 42.7. The number of hydrogen-bond donors (Lipinski definition) is 0. The van der Waals surface area contributed by atoms with Crippen molar-refractivity contribution in [3.8, 4) is 28.2 Å². The predicted molar refractivity (Wildman–Crippen MR) is 260 cm³/mol. The van der Waals surface area contributed by atoms with Gasteiger partial charge in [0.1, 0.15) is 0 Å². The standard InChI is InChI=1S/C39H29N2.C19H24N.Ir/c1-39(2,3)27-15-18-29-25(23-27)13-16-31-30(29)19-20-35-32(31)21-22-40-38(35)26-14-17-34-33-11-7-8-12-36(33)41(37(34)24-26)28-9-5-4-6-10-28;1-18(2,3)15-9-7-8-14(12-15)17-13-16(10-11-20-17)19(4,5)6;/h4-13,15-24H,1-3H3;7,9-13H,1-6H3;/q2*-1;. The van der Waals surface area contributed by atoms with Gasteiger partial charge in [0.05, 0.1) is 0 Å². The Morgan fingerprint density at radius 2 is 1.05 bits per heavy atom. The zero-order valence-corrected chi connectivity index (χ0v) is 39.6. The molecule has 311 valence electrons. The fraction of sp³-hybridized carbons (Fsp3) is 0.207. The molecule has 3 aromatic heterocycles. The summed E-state index contributed by atoms with van der Waals surface area (Å²) < 4.78 is 2.35. The van der Waals surface area contributed by atoms with Crippen molar-refractivity contribution < 1.29 is 20.1 Å². The summed E-state index contributed by atoms with van der Waals surface area (Å²) in [7, 11) is 0. The van der Waals surface area contributed by atoms with Gasteiger partial charge in [-0.1, -0.05) is 153 Å². The van der Waals surface area contributed by atoms with Crippen LogP contribution in [0.2, 0.25) is 0 Å². The van der Waals surface area contributed by atoms with Gasteiger partial charge in [0.25, 0.3) is 0 Å². The number of nitrogens with zero attached hydrogens (tertiary/aromatic N) is 3. The summed E-state index contributed by atoms with van der Waals surface area (Å²) >= 11 is 0. The van der Waals surface area contributed by atoms with Gasteiger partial charge in [-0.25, -0.2) is 0 Å². The monoisotopic (exact) mass is 984 g/mol. The largest absolute Gasteiger partial charge is 0.328 e. The Kier molecular flexibility index (Phi) is 11.3. The maximum absolute atomic E-state index is 4.91. The SMILES string of the molecule is CC(C)(C)c1cc[c-]c(-c2cc(C(C)(C)C)ccn2)c1.CC(C)(C)c1ccc2c(ccc3c4ccnc(-c5[c-]cc6c7ccccc7n(-c7ccccc7)c6c5)c4ccc23)c1.[Ir]. The van der Waals surface area contributed by atoms with E-state index in [0.29, 0.717) is 0 Å². The number of rotatable bonds is 3. The maximum Gasteiger partial charge on any atom is 0.0444 e. The number of para-hydroxylation sites is 2. The molecule has 0 N–H and O–H groups in total. The zero-order chi connectivity index (χ0) is 42.7. The molecule has 0 unspecified atom stereocenters. The zero-order valence-electron chi connectivity index (χ0n) is 37.2. The molecule has 0 atom stereocenters. The molecule has 0 saturated heterocycles. The average Bonchev–Trinajstić information content (AvgIpc) is 3.59. The Morgan fingerprint density at radius 3 is 1.81 bits per heavy atom. The van der Waals surface area contributed by atoms with E-state index < -0.39 is 0 Å². The smallest absolute Gasteiger partial charge is 0.0444 e. The van der Waals surface area contributed by atoms with Gasteiger partial charge in [0.2, 0.25) is 0 Å². The van der Waals surface area contributed by atoms with Gasteiger partial charge in [-0.05, 0) is 112 Å². The molecule has 62 heavy (non-hydrogen) atoms. The second-order valence-corrected chi connectivity index (χ2v) is 19.4. The molecule has 3 heterocycles. The number of fused-ring (bicyclic) bond motifs is 8. The van der Waals surface area contributed by atoms with Gasteiger partial charge >= 0.3 is 0 Å². The summed E-state index contributed by atoms with van der Waals surface area (Å²) in [5.74, 6) is 0. The maximum atomic E-state index is 4.91. The molecule has 0 spiro atoms. The molecule has 0 aliphatic heterocycles. The first-order valence-electron chi connectivity index (χ1n) is 21.4. The third-order valence-electron chi connectivity index (χ3n) is 12.1. The first-order valence-corrected chi connectivity index (χ1v) is 21.4. The van der Waals surface area contributed by atoms with Crippen molar-refractivity contribution in [3.63, 3.8) is 0 Å². The van der Waals surface area contributed by atoms with Gasteiger partial charge < -0.3 is 14.5 Å². The Morgan fingerprint density at radius 1 is 0.435 bits per heavy atom. The molecule has 0 saturated carbocycles. The van der Waals surface area contributed by atoms with E-state index in [-0.39, 0.29) is 36.4 Å². The van der Waals surface area contributed by atoms with Crippen molar-refractivity contribution in [1.82, 2.24) is 14.5 Å². The summed E-state index contributed by atoms with van der Waals surface area (Å²) in [6, 6.07) is 59.2. The third-order valence-corrected chi connectivity index (χ3v) is 12.1. The van der Waals surface area contributed by atoms with Crippen molar-refractivity contribution in [2.45, 2.75) is 78.6 Å². The normalized spacial score (nSPS) is 12.1. The van der Waals surface area contributed by atoms with Crippen LogP contribution in [0.3, 0.4) is 0 Å². The van der Waals surface area contributed by atoms with Crippen LogP contribution in [0.1, 0.15) is 79.0 Å². The van der Waals surface area contributed by atoms with Gasteiger partial charge in [-0.3, -0.25) is 0 Å². The predicted octanol–water partition coefficient (Wildman–Crippen LogP) is 15.5. The van der Waals surface area contributed by atoms with E-state index in [0.717, 1.165) is 39.1 Å².